The molecule has 26 heavy (non-hydrogen) atoms. The summed E-state index contributed by atoms with van der Waals surface area (Å²) >= 11 is 0. The summed E-state index contributed by atoms with van der Waals surface area (Å²) in [5.74, 6) is -0.553. The topological polar surface area (TPSA) is 64.6 Å². The Hall–Kier alpha value is -3.15. The van der Waals surface area contributed by atoms with Gasteiger partial charge in [0, 0.05) is 12.1 Å². The number of amides is 1. The molecule has 0 atom stereocenters. The summed E-state index contributed by atoms with van der Waals surface area (Å²) in [4.78, 5) is 23.8. The van der Waals surface area contributed by atoms with E-state index in [9.17, 15) is 14.0 Å². The fourth-order valence-corrected chi connectivity index (χ4v) is 2.51. The van der Waals surface area contributed by atoms with Crippen LogP contribution in [-0.2, 0) is 20.7 Å². The van der Waals surface area contributed by atoms with Gasteiger partial charge in [0.05, 0.1) is 5.57 Å². The van der Waals surface area contributed by atoms with Crippen LogP contribution in [0.25, 0.3) is 6.08 Å². The molecule has 1 aliphatic rings. The average Bonchev–Trinajstić information content (AvgIpc) is 2.67. The maximum absolute atomic E-state index is 12.8. The second-order valence-electron chi connectivity index (χ2n) is 5.80. The standard InChI is InChI=1S/C20H18FNO4/c21-17-7-5-14(6-8-17)9-10-22-19(23)13-26-20(24)16-11-15-3-1-2-4-18(15)25-12-16/h1-8,11H,9-10,12-13H2,(H,22,23). The number of carbonyl (C=O) groups excluding carboxylic acids is 2. The summed E-state index contributed by atoms with van der Waals surface area (Å²) in [5.41, 5.74) is 2.07. The Morgan fingerprint density at radius 3 is 2.69 bits per heavy atom. The van der Waals surface area contributed by atoms with Crippen molar-refractivity contribution in [3.63, 3.8) is 0 Å². The lowest BCUT2D eigenvalue weighted by atomic mass is 10.1. The molecule has 0 spiro atoms. The van der Waals surface area contributed by atoms with Crippen molar-refractivity contribution in [1.82, 2.24) is 5.32 Å². The van der Waals surface area contributed by atoms with Gasteiger partial charge >= 0.3 is 5.97 Å². The zero-order valence-electron chi connectivity index (χ0n) is 14.0. The molecule has 1 N–H and O–H groups in total. The average molecular weight is 355 g/mol. The molecule has 5 nitrogen and oxygen atoms in total. The minimum Gasteiger partial charge on any atom is -0.488 e. The monoisotopic (exact) mass is 355 g/mol. The highest BCUT2D eigenvalue weighted by Crippen LogP contribution is 2.25. The third kappa shape index (κ3) is 4.69. The van der Waals surface area contributed by atoms with Gasteiger partial charge in [-0.25, -0.2) is 9.18 Å². The minimum absolute atomic E-state index is 0.113. The zero-order valence-corrected chi connectivity index (χ0v) is 14.0. The Kier molecular flexibility index (Phi) is 5.63. The first-order chi connectivity index (χ1) is 12.6. The van der Waals surface area contributed by atoms with Crippen molar-refractivity contribution in [2.45, 2.75) is 6.42 Å². The number of nitrogens with one attached hydrogen (secondary N) is 1. The van der Waals surface area contributed by atoms with E-state index in [4.69, 9.17) is 9.47 Å². The number of rotatable bonds is 6. The van der Waals surface area contributed by atoms with E-state index in [0.717, 1.165) is 11.1 Å². The van der Waals surface area contributed by atoms with Gasteiger partial charge in [0.1, 0.15) is 18.2 Å². The molecule has 0 aromatic heterocycles. The molecule has 0 fully saturated rings. The first kappa shape index (κ1) is 17.7. The van der Waals surface area contributed by atoms with Crippen molar-refractivity contribution in [3.05, 3.63) is 71.0 Å². The minimum atomic E-state index is -0.576. The molecule has 1 amide bonds. The maximum atomic E-state index is 12.8. The van der Waals surface area contributed by atoms with Gasteiger partial charge in [-0.15, -0.1) is 0 Å². The molecule has 3 rings (SSSR count). The fourth-order valence-electron chi connectivity index (χ4n) is 2.51. The molecular weight excluding hydrogens is 337 g/mol. The lowest BCUT2D eigenvalue weighted by Crippen LogP contribution is -2.31. The molecule has 0 radical (unpaired) electrons. The molecule has 6 heteroatoms. The van der Waals surface area contributed by atoms with E-state index in [1.54, 1.807) is 18.2 Å². The van der Waals surface area contributed by atoms with Crippen LogP contribution in [0.2, 0.25) is 0 Å². The van der Waals surface area contributed by atoms with Crippen LogP contribution in [0.1, 0.15) is 11.1 Å². The van der Waals surface area contributed by atoms with E-state index in [1.807, 2.05) is 24.3 Å². The second-order valence-corrected chi connectivity index (χ2v) is 5.80. The number of para-hydroxylation sites is 1. The lowest BCUT2D eigenvalue weighted by Gasteiger charge is -2.16. The molecule has 134 valence electrons. The predicted octanol–water partition coefficient (Wildman–Crippen LogP) is 2.50. The van der Waals surface area contributed by atoms with Crippen LogP contribution in [0.3, 0.4) is 0 Å². The molecule has 0 bridgehead atoms. The van der Waals surface area contributed by atoms with Gasteiger partial charge in [0.25, 0.3) is 5.91 Å². The van der Waals surface area contributed by atoms with Crippen LogP contribution in [0.15, 0.2) is 54.1 Å². The molecular formula is C20H18FNO4. The Bertz CT molecular complexity index is 830. The lowest BCUT2D eigenvalue weighted by molar-refractivity contribution is -0.145. The van der Waals surface area contributed by atoms with Gasteiger partial charge < -0.3 is 14.8 Å². The highest BCUT2D eigenvalue weighted by Gasteiger charge is 2.18. The van der Waals surface area contributed by atoms with Gasteiger partial charge in [-0.05, 0) is 36.3 Å². The summed E-state index contributed by atoms with van der Waals surface area (Å²) in [7, 11) is 0. The van der Waals surface area contributed by atoms with E-state index in [2.05, 4.69) is 5.32 Å². The number of fused-ring (bicyclic) bond motifs is 1. The van der Waals surface area contributed by atoms with Crippen molar-refractivity contribution >= 4 is 18.0 Å². The Morgan fingerprint density at radius 1 is 1.12 bits per heavy atom. The maximum Gasteiger partial charge on any atom is 0.338 e. The third-order valence-corrected chi connectivity index (χ3v) is 3.88. The number of esters is 1. The van der Waals surface area contributed by atoms with Crippen molar-refractivity contribution in [2.75, 3.05) is 19.8 Å². The van der Waals surface area contributed by atoms with Gasteiger partial charge in [-0.1, -0.05) is 30.3 Å². The number of ether oxygens (including phenoxy) is 2. The van der Waals surface area contributed by atoms with E-state index < -0.39 is 11.9 Å². The van der Waals surface area contributed by atoms with E-state index in [-0.39, 0.29) is 19.0 Å². The molecule has 0 aliphatic carbocycles. The van der Waals surface area contributed by atoms with Crippen LogP contribution < -0.4 is 10.1 Å². The van der Waals surface area contributed by atoms with E-state index >= 15 is 0 Å². The number of hydrogen-bond acceptors (Lipinski definition) is 4. The SMILES string of the molecule is O=C(COC(=O)C1=Cc2ccccc2OC1)NCCc1ccc(F)cc1. The van der Waals surface area contributed by atoms with Crippen LogP contribution in [0.4, 0.5) is 4.39 Å². The Labute approximate surface area is 150 Å². The smallest absolute Gasteiger partial charge is 0.338 e. The molecule has 2 aromatic carbocycles. The molecule has 1 aliphatic heterocycles. The molecule has 0 saturated heterocycles. The summed E-state index contributed by atoms with van der Waals surface area (Å²) in [6.45, 7) is 0.129. The predicted molar refractivity (Wildman–Crippen MR) is 94.0 cm³/mol. The second kappa shape index (κ2) is 8.29. The van der Waals surface area contributed by atoms with Crippen molar-refractivity contribution in [3.8, 4) is 5.75 Å². The van der Waals surface area contributed by atoms with Crippen molar-refractivity contribution in [2.24, 2.45) is 0 Å². The molecule has 0 saturated carbocycles. The van der Waals surface area contributed by atoms with Gasteiger partial charge in [0.15, 0.2) is 6.61 Å². The first-order valence-electron chi connectivity index (χ1n) is 8.22. The van der Waals surface area contributed by atoms with Crippen LogP contribution in [0, 0.1) is 5.82 Å². The summed E-state index contributed by atoms with van der Waals surface area (Å²) < 4.78 is 23.3. The van der Waals surface area contributed by atoms with E-state index in [0.29, 0.717) is 24.3 Å². The normalized spacial score (nSPS) is 12.4. The van der Waals surface area contributed by atoms with Crippen LogP contribution in [0.5, 0.6) is 5.75 Å². The molecule has 1 heterocycles. The van der Waals surface area contributed by atoms with Crippen LogP contribution >= 0.6 is 0 Å². The summed E-state index contributed by atoms with van der Waals surface area (Å²) in [6.07, 6.45) is 2.27. The highest BCUT2D eigenvalue weighted by atomic mass is 19.1. The number of benzene rings is 2. The summed E-state index contributed by atoms with van der Waals surface area (Å²) in [5, 5.41) is 2.66. The highest BCUT2D eigenvalue weighted by molar-refractivity contribution is 5.96. The first-order valence-corrected chi connectivity index (χ1v) is 8.22. The van der Waals surface area contributed by atoms with Crippen molar-refractivity contribution in [1.29, 1.82) is 0 Å². The largest absolute Gasteiger partial charge is 0.488 e. The van der Waals surface area contributed by atoms with E-state index in [1.165, 1.54) is 12.1 Å². The third-order valence-electron chi connectivity index (χ3n) is 3.88. The van der Waals surface area contributed by atoms with Gasteiger partial charge in [-0.3, -0.25) is 4.79 Å². The quantitative estimate of drug-likeness (QED) is 0.809. The number of halogens is 1. The Balaban J connectivity index is 1.42. The van der Waals surface area contributed by atoms with Crippen LogP contribution in [-0.4, -0.2) is 31.6 Å². The molecule has 0 unspecified atom stereocenters. The van der Waals surface area contributed by atoms with Crippen molar-refractivity contribution < 1.29 is 23.5 Å². The Morgan fingerprint density at radius 2 is 1.88 bits per heavy atom. The number of hydrogen-bond donors (Lipinski definition) is 1. The fraction of sp³-hybridized carbons (Fsp3) is 0.200. The number of carbonyl (C=O) groups is 2. The van der Waals surface area contributed by atoms with Gasteiger partial charge in [-0.2, -0.15) is 0 Å². The van der Waals surface area contributed by atoms with Gasteiger partial charge in [0.2, 0.25) is 0 Å². The summed E-state index contributed by atoms with van der Waals surface area (Å²) in [6, 6.07) is 13.4. The zero-order chi connectivity index (χ0) is 18.4. The molecule has 2 aromatic rings.